The van der Waals surface area contributed by atoms with Crippen LogP contribution in [0.25, 0.3) is 0 Å². The van der Waals surface area contributed by atoms with Gasteiger partial charge in [-0.25, -0.2) is 0 Å². The van der Waals surface area contributed by atoms with Gasteiger partial charge in [-0.1, -0.05) is 31.4 Å². The molecule has 0 nitrogen and oxygen atoms in total. The molecule has 0 rings (SSSR count). The zero-order chi connectivity index (χ0) is 9.23. The molecule has 0 saturated heterocycles. The number of unbranched alkanes of at least 4 members (excludes halogenated alkanes) is 2. The number of rotatable bonds is 8. The van der Waals surface area contributed by atoms with Crippen LogP contribution in [0.4, 0.5) is 0 Å². The third-order valence-electron chi connectivity index (χ3n) is 1.56. The molecule has 0 aliphatic carbocycles. The first-order valence-corrected chi connectivity index (χ1v) is 6.66. The van der Waals surface area contributed by atoms with Crippen molar-refractivity contribution in [1.82, 2.24) is 0 Å². The Morgan fingerprint density at radius 2 is 2.00 bits per heavy atom. The molecule has 0 aromatic carbocycles. The van der Waals surface area contributed by atoms with Gasteiger partial charge in [-0.2, -0.15) is 0 Å². The molecule has 0 unspecified atom stereocenters. The second-order valence-electron chi connectivity index (χ2n) is 2.73. The van der Waals surface area contributed by atoms with Gasteiger partial charge in [0.25, 0.3) is 0 Å². The van der Waals surface area contributed by atoms with E-state index in [-0.39, 0.29) is 4.84 Å². The summed E-state index contributed by atoms with van der Waals surface area (Å²) in [5, 5.41) is 0. The van der Waals surface area contributed by atoms with Crippen LogP contribution in [0, 0.1) is 0 Å². The molecular formula is C9H16Cl2Si. The monoisotopic (exact) mass is 222 g/mol. The first kappa shape index (κ1) is 12.5. The molecule has 0 bridgehead atoms. The minimum Gasteiger partial charge on any atom is -0.105 e. The van der Waals surface area contributed by atoms with Crippen molar-refractivity contribution in [2.24, 2.45) is 0 Å². The van der Waals surface area contributed by atoms with E-state index >= 15 is 0 Å². The summed E-state index contributed by atoms with van der Waals surface area (Å²) in [5.74, 6) is 0. The molecule has 12 heavy (non-hydrogen) atoms. The van der Waals surface area contributed by atoms with E-state index in [4.69, 9.17) is 23.2 Å². The highest BCUT2D eigenvalue weighted by Gasteiger charge is 1.97. The minimum absolute atomic E-state index is 0.166. The Morgan fingerprint density at radius 3 is 2.58 bits per heavy atom. The molecule has 0 saturated carbocycles. The largest absolute Gasteiger partial charge is 0.107 e. The van der Waals surface area contributed by atoms with E-state index in [0.717, 1.165) is 22.4 Å². The SMILES string of the molecule is C=CC[Si]CCCCCC(Cl)Cl. The molecule has 0 aromatic heterocycles. The summed E-state index contributed by atoms with van der Waals surface area (Å²) >= 11 is 11.2. The molecule has 0 N–H and O–H groups in total. The molecule has 0 spiro atoms. The van der Waals surface area contributed by atoms with Crippen LogP contribution in [0.3, 0.4) is 0 Å². The molecule has 0 aromatic rings. The first-order chi connectivity index (χ1) is 5.77. The zero-order valence-corrected chi connectivity index (χ0v) is 9.87. The molecule has 2 radical (unpaired) electrons. The molecule has 0 fully saturated rings. The van der Waals surface area contributed by atoms with Crippen LogP contribution in [0.2, 0.25) is 12.1 Å². The summed E-state index contributed by atoms with van der Waals surface area (Å²) in [6, 6.07) is 2.51. The molecule has 0 heterocycles. The highest BCUT2D eigenvalue weighted by atomic mass is 35.5. The van der Waals surface area contributed by atoms with Crippen LogP contribution in [-0.2, 0) is 0 Å². The van der Waals surface area contributed by atoms with Gasteiger partial charge in [0.15, 0.2) is 0 Å². The minimum atomic E-state index is -0.166. The van der Waals surface area contributed by atoms with Crippen molar-refractivity contribution in [3.63, 3.8) is 0 Å². The van der Waals surface area contributed by atoms with Crippen molar-refractivity contribution in [3.8, 4) is 0 Å². The summed E-state index contributed by atoms with van der Waals surface area (Å²) in [7, 11) is 1.05. The van der Waals surface area contributed by atoms with E-state index < -0.39 is 0 Å². The predicted molar refractivity (Wildman–Crippen MR) is 59.5 cm³/mol. The molecule has 0 atom stereocenters. The van der Waals surface area contributed by atoms with Crippen LogP contribution in [0.1, 0.15) is 25.7 Å². The van der Waals surface area contributed by atoms with E-state index in [0.29, 0.717) is 0 Å². The summed E-state index contributed by atoms with van der Waals surface area (Å²) < 4.78 is 0. The first-order valence-electron chi connectivity index (χ1n) is 4.37. The van der Waals surface area contributed by atoms with E-state index in [1.807, 2.05) is 6.08 Å². The number of alkyl halides is 2. The third-order valence-corrected chi connectivity index (χ3v) is 3.29. The Bertz CT molecular complexity index is 105. The average Bonchev–Trinajstić information content (AvgIpc) is 2.02. The Labute approximate surface area is 88.2 Å². The Hall–Kier alpha value is 0.537. The Kier molecular flexibility index (Phi) is 10.1. The maximum atomic E-state index is 5.59. The molecule has 3 heteroatoms. The van der Waals surface area contributed by atoms with Gasteiger partial charge in [0.05, 0.1) is 0 Å². The maximum Gasteiger partial charge on any atom is 0.107 e. The van der Waals surface area contributed by atoms with Crippen LogP contribution >= 0.6 is 23.2 Å². The summed E-state index contributed by atoms with van der Waals surface area (Å²) in [6.45, 7) is 3.69. The zero-order valence-electron chi connectivity index (χ0n) is 7.36. The van der Waals surface area contributed by atoms with Crippen molar-refractivity contribution < 1.29 is 0 Å². The van der Waals surface area contributed by atoms with Crippen LogP contribution in [0.5, 0.6) is 0 Å². The van der Waals surface area contributed by atoms with Crippen molar-refractivity contribution in [2.45, 2.75) is 42.6 Å². The smallest absolute Gasteiger partial charge is 0.105 e. The van der Waals surface area contributed by atoms with Gasteiger partial charge in [0, 0.05) is 9.52 Å². The summed E-state index contributed by atoms with van der Waals surface area (Å²) in [4.78, 5) is -0.166. The second kappa shape index (κ2) is 9.62. The number of hydrogen-bond donors (Lipinski definition) is 0. The van der Waals surface area contributed by atoms with Gasteiger partial charge in [0.1, 0.15) is 4.84 Å². The van der Waals surface area contributed by atoms with Gasteiger partial charge in [-0.3, -0.25) is 0 Å². The Morgan fingerprint density at radius 1 is 1.25 bits per heavy atom. The van der Waals surface area contributed by atoms with Crippen molar-refractivity contribution in [1.29, 1.82) is 0 Å². The van der Waals surface area contributed by atoms with Gasteiger partial charge in [0.2, 0.25) is 0 Å². The lowest BCUT2D eigenvalue weighted by Crippen LogP contribution is -1.89. The fraction of sp³-hybridized carbons (Fsp3) is 0.778. The van der Waals surface area contributed by atoms with E-state index in [1.54, 1.807) is 0 Å². The summed E-state index contributed by atoms with van der Waals surface area (Å²) in [6.07, 6.45) is 6.67. The van der Waals surface area contributed by atoms with Crippen molar-refractivity contribution in [2.75, 3.05) is 0 Å². The van der Waals surface area contributed by atoms with Gasteiger partial charge in [-0.05, 0) is 12.5 Å². The topological polar surface area (TPSA) is 0 Å². The molecule has 0 aliphatic heterocycles. The van der Waals surface area contributed by atoms with Crippen LogP contribution in [-0.4, -0.2) is 14.4 Å². The van der Waals surface area contributed by atoms with Gasteiger partial charge in [-0.15, -0.1) is 29.8 Å². The standard InChI is InChI=1S/C9H16Cl2Si/c1-2-7-12-8-5-3-4-6-9(10)11/h2,9H,1,3-8H2. The Balaban J connectivity index is 2.86. The van der Waals surface area contributed by atoms with E-state index in [2.05, 4.69) is 6.58 Å². The fourth-order valence-corrected chi connectivity index (χ4v) is 2.15. The van der Waals surface area contributed by atoms with Crippen molar-refractivity contribution >= 4 is 32.7 Å². The van der Waals surface area contributed by atoms with Crippen LogP contribution in [0.15, 0.2) is 12.7 Å². The normalized spacial score (nSPS) is 10.6. The highest BCUT2D eigenvalue weighted by Crippen LogP contribution is 2.13. The number of allylic oxidation sites excluding steroid dienone is 1. The number of hydrogen-bond acceptors (Lipinski definition) is 0. The van der Waals surface area contributed by atoms with Crippen molar-refractivity contribution in [3.05, 3.63) is 12.7 Å². The molecule has 70 valence electrons. The molecular weight excluding hydrogens is 207 g/mol. The third kappa shape index (κ3) is 10.5. The quantitative estimate of drug-likeness (QED) is 0.252. The average molecular weight is 223 g/mol. The maximum absolute atomic E-state index is 5.59. The van der Waals surface area contributed by atoms with E-state index in [9.17, 15) is 0 Å². The van der Waals surface area contributed by atoms with Gasteiger partial charge >= 0.3 is 0 Å². The van der Waals surface area contributed by atoms with E-state index in [1.165, 1.54) is 24.9 Å². The van der Waals surface area contributed by atoms with Gasteiger partial charge < -0.3 is 0 Å². The predicted octanol–water partition coefficient (Wildman–Crippen LogP) is 4.08. The molecule has 0 amide bonds. The fourth-order valence-electron chi connectivity index (χ4n) is 0.930. The van der Waals surface area contributed by atoms with Crippen LogP contribution < -0.4 is 0 Å². The summed E-state index contributed by atoms with van der Waals surface area (Å²) in [5.41, 5.74) is 0. The lowest BCUT2D eigenvalue weighted by molar-refractivity contribution is 0.690. The second-order valence-corrected chi connectivity index (χ2v) is 5.42. The molecule has 0 aliphatic rings. The highest BCUT2D eigenvalue weighted by molar-refractivity contribution is 6.44. The lowest BCUT2D eigenvalue weighted by Gasteiger charge is -2.00. The number of halogens is 2. The lowest BCUT2D eigenvalue weighted by atomic mass is 10.2.